The average molecular weight is 505 g/mol. The van der Waals surface area contributed by atoms with Gasteiger partial charge in [0.1, 0.15) is 6.04 Å². The molecule has 4 heterocycles. The zero-order valence-electron chi connectivity index (χ0n) is 23.1. The lowest BCUT2D eigenvalue weighted by atomic mass is 9.92. The van der Waals surface area contributed by atoms with Crippen LogP contribution in [0.4, 0.5) is 0 Å². The van der Waals surface area contributed by atoms with Crippen LogP contribution >= 0.6 is 0 Å². The van der Waals surface area contributed by atoms with Gasteiger partial charge in [-0.1, -0.05) is 39.8 Å². The number of carbonyl (C=O) groups excluding carboxylic acids is 2. The van der Waals surface area contributed by atoms with E-state index in [2.05, 4.69) is 57.0 Å². The molecule has 0 bridgehead atoms. The molecule has 0 aromatic carbocycles. The third-order valence-electron chi connectivity index (χ3n) is 8.12. The third-order valence-corrected chi connectivity index (χ3v) is 8.12. The maximum absolute atomic E-state index is 14.0. The summed E-state index contributed by atoms with van der Waals surface area (Å²) in [5.41, 5.74) is 0. The van der Waals surface area contributed by atoms with Crippen molar-refractivity contribution in [3.63, 3.8) is 0 Å². The van der Waals surface area contributed by atoms with Crippen LogP contribution < -0.4 is 5.32 Å². The van der Waals surface area contributed by atoms with Crippen molar-refractivity contribution in [2.24, 2.45) is 17.8 Å². The molecule has 3 saturated heterocycles. The van der Waals surface area contributed by atoms with E-state index in [1.165, 1.54) is 0 Å². The highest BCUT2D eigenvalue weighted by Crippen LogP contribution is 2.36. The van der Waals surface area contributed by atoms with E-state index in [-0.39, 0.29) is 23.9 Å². The zero-order chi connectivity index (χ0) is 25.9. The monoisotopic (exact) mass is 504 g/mol. The molecule has 8 heteroatoms. The number of hydrogen-bond acceptors (Lipinski definition) is 6. The summed E-state index contributed by atoms with van der Waals surface area (Å²) in [5, 5.41) is 3.37. The first kappa shape index (κ1) is 27.6. The third kappa shape index (κ3) is 6.50. The summed E-state index contributed by atoms with van der Waals surface area (Å²) < 4.78 is 12.7. The van der Waals surface area contributed by atoms with E-state index in [1.54, 1.807) is 0 Å². The van der Waals surface area contributed by atoms with Gasteiger partial charge in [-0.25, -0.2) is 0 Å². The second-order valence-corrected chi connectivity index (χ2v) is 12.2. The van der Waals surface area contributed by atoms with Gasteiger partial charge in [0.25, 0.3) is 0 Å². The molecule has 3 atom stereocenters. The molecule has 1 spiro atoms. The lowest BCUT2D eigenvalue weighted by molar-refractivity contribution is -0.303. The van der Waals surface area contributed by atoms with Crippen LogP contribution in [-0.2, 0) is 19.1 Å². The largest absolute Gasteiger partial charge is 0.349 e. The first-order valence-electron chi connectivity index (χ1n) is 14.2. The molecule has 36 heavy (non-hydrogen) atoms. The summed E-state index contributed by atoms with van der Waals surface area (Å²) in [5.74, 6) is 0.707. The van der Waals surface area contributed by atoms with Gasteiger partial charge < -0.3 is 24.6 Å². The summed E-state index contributed by atoms with van der Waals surface area (Å²) in [6.45, 7) is 17.0. The highest BCUT2D eigenvalue weighted by molar-refractivity contribution is 5.90. The number of nitrogens with zero attached hydrogens (tertiary/aromatic N) is 3. The topological polar surface area (TPSA) is 74.4 Å². The second kappa shape index (κ2) is 11.9. The number of nitrogens with one attached hydrogen (secondary N) is 1. The molecule has 0 aromatic heterocycles. The van der Waals surface area contributed by atoms with E-state index in [0.717, 1.165) is 32.6 Å². The van der Waals surface area contributed by atoms with E-state index in [1.807, 2.05) is 9.80 Å². The van der Waals surface area contributed by atoms with Crippen LogP contribution in [-0.4, -0.2) is 103 Å². The van der Waals surface area contributed by atoms with Crippen LogP contribution in [0.1, 0.15) is 60.3 Å². The average Bonchev–Trinajstić information content (AvgIpc) is 3.33. The lowest BCUT2D eigenvalue weighted by Crippen LogP contribution is -2.64. The predicted molar refractivity (Wildman–Crippen MR) is 140 cm³/mol. The van der Waals surface area contributed by atoms with Gasteiger partial charge in [0.2, 0.25) is 11.8 Å². The predicted octanol–water partition coefficient (Wildman–Crippen LogP) is 2.49. The molecular formula is C28H48N4O4. The molecule has 0 saturated carbocycles. The van der Waals surface area contributed by atoms with Crippen molar-refractivity contribution in [1.82, 2.24) is 20.0 Å². The minimum absolute atomic E-state index is 0.00437. The fourth-order valence-corrected chi connectivity index (χ4v) is 6.25. The van der Waals surface area contributed by atoms with Gasteiger partial charge in [0.15, 0.2) is 5.79 Å². The van der Waals surface area contributed by atoms with Crippen LogP contribution in [0.15, 0.2) is 12.2 Å². The lowest BCUT2D eigenvalue weighted by Gasteiger charge is -2.49. The van der Waals surface area contributed by atoms with Crippen molar-refractivity contribution >= 4 is 11.8 Å². The maximum atomic E-state index is 14.0. The standard InChI is InChI=1S/C28H48N4O4/c1-20(2)14-24-26(33)32(13-9-29-24)25(15-21(3)4)27(34)31-12-8-28(16-22(31)5)35-18-23(19-36-28)17-30-10-6-7-11-30/h6-7,20-25,29H,8-19H2,1-5H3/t22-,23?,24-,25?,28?/m0/s1. The van der Waals surface area contributed by atoms with E-state index in [9.17, 15) is 9.59 Å². The van der Waals surface area contributed by atoms with Crippen molar-refractivity contribution in [1.29, 1.82) is 0 Å². The molecule has 4 aliphatic heterocycles. The minimum Gasteiger partial charge on any atom is -0.349 e. The summed E-state index contributed by atoms with van der Waals surface area (Å²) in [7, 11) is 0. The normalized spacial score (nSPS) is 32.8. The molecular weight excluding hydrogens is 456 g/mol. The Bertz CT molecular complexity index is 784. The molecule has 1 N–H and O–H groups in total. The van der Waals surface area contributed by atoms with Crippen LogP contribution in [0.3, 0.4) is 0 Å². The van der Waals surface area contributed by atoms with Gasteiger partial charge in [-0.05, 0) is 31.6 Å². The van der Waals surface area contributed by atoms with Crippen molar-refractivity contribution in [3.05, 3.63) is 12.2 Å². The van der Waals surface area contributed by atoms with Gasteiger partial charge in [-0.2, -0.15) is 0 Å². The zero-order valence-corrected chi connectivity index (χ0v) is 23.1. The number of hydrogen-bond donors (Lipinski definition) is 1. The fraction of sp³-hybridized carbons (Fsp3) is 0.857. The van der Waals surface area contributed by atoms with Gasteiger partial charge in [0, 0.05) is 64.1 Å². The number of ether oxygens (including phenoxy) is 2. The van der Waals surface area contributed by atoms with Crippen LogP contribution in [0.5, 0.6) is 0 Å². The van der Waals surface area contributed by atoms with Crippen molar-refractivity contribution in [3.8, 4) is 0 Å². The van der Waals surface area contributed by atoms with E-state index < -0.39 is 11.8 Å². The molecule has 0 radical (unpaired) electrons. The molecule has 0 aliphatic carbocycles. The number of rotatable bonds is 8. The molecule has 8 nitrogen and oxygen atoms in total. The highest BCUT2D eigenvalue weighted by atomic mass is 16.7. The Kier molecular flexibility index (Phi) is 9.13. The van der Waals surface area contributed by atoms with E-state index >= 15 is 0 Å². The van der Waals surface area contributed by atoms with E-state index in [0.29, 0.717) is 63.3 Å². The summed E-state index contributed by atoms with van der Waals surface area (Å²) in [6, 6.07) is -0.598. The number of likely N-dealkylation sites (tertiary alicyclic amines) is 1. The summed E-state index contributed by atoms with van der Waals surface area (Å²) in [4.78, 5) is 33.6. The highest BCUT2D eigenvalue weighted by Gasteiger charge is 2.47. The van der Waals surface area contributed by atoms with Crippen molar-refractivity contribution in [2.75, 3.05) is 52.5 Å². The second-order valence-electron chi connectivity index (χ2n) is 12.2. The molecule has 2 amide bonds. The molecule has 204 valence electrons. The van der Waals surface area contributed by atoms with Crippen molar-refractivity contribution in [2.45, 2.75) is 84.2 Å². The van der Waals surface area contributed by atoms with Gasteiger partial charge in [-0.3, -0.25) is 14.5 Å². The smallest absolute Gasteiger partial charge is 0.245 e. The van der Waals surface area contributed by atoms with Crippen LogP contribution in [0, 0.1) is 17.8 Å². The number of carbonyl (C=O) groups is 2. The number of amides is 2. The Hall–Kier alpha value is -1.48. The first-order valence-corrected chi connectivity index (χ1v) is 14.2. The van der Waals surface area contributed by atoms with Crippen molar-refractivity contribution < 1.29 is 19.1 Å². The molecule has 0 aromatic rings. The fourth-order valence-electron chi connectivity index (χ4n) is 6.25. The molecule has 4 aliphatic rings. The van der Waals surface area contributed by atoms with Crippen LogP contribution in [0.25, 0.3) is 0 Å². The Morgan fingerprint density at radius 1 is 1.11 bits per heavy atom. The van der Waals surface area contributed by atoms with Crippen LogP contribution in [0.2, 0.25) is 0 Å². The molecule has 3 fully saturated rings. The van der Waals surface area contributed by atoms with Gasteiger partial charge in [-0.15, -0.1) is 0 Å². The quantitative estimate of drug-likeness (QED) is 0.512. The Morgan fingerprint density at radius 2 is 1.81 bits per heavy atom. The molecule has 4 rings (SSSR count). The SMILES string of the molecule is CC(C)CC(C(=O)N1CCC2(C[C@@H]1C)OCC(CN1CC=CC1)CO2)N1CCN[C@@H](CC(C)C)C1=O. The Labute approximate surface area is 217 Å². The number of piperazine rings is 1. The maximum Gasteiger partial charge on any atom is 0.245 e. The Balaban J connectivity index is 1.37. The van der Waals surface area contributed by atoms with Gasteiger partial charge >= 0.3 is 0 Å². The Morgan fingerprint density at radius 3 is 2.42 bits per heavy atom. The van der Waals surface area contributed by atoms with E-state index in [4.69, 9.17) is 9.47 Å². The summed E-state index contributed by atoms with van der Waals surface area (Å²) >= 11 is 0. The first-order chi connectivity index (χ1) is 17.2. The number of piperidine rings is 1. The van der Waals surface area contributed by atoms with Gasteiger partial charge in [0.05, 0.1) is 19.3 Å². The molecule has 1 unspecified atom stereocenters. The summed E-state index contributed by atoms with van der Waals surface area (Å²) in [6.07, 6.45) is 7.27. The minimum atomic E-state index is -0.587.